The van der Waals surface area contributed by atoms with Gasteiger partial charge in [0.15, 0.2) is 0 Å². The van der Waals surface area contributed by atoms with E-state index in [1.54, 1.807) is 18.5 Å². The van der Waals surface area contributed by atoms with Gasteiger partial charge in [-0.1, -0.05) is 11.8 Å². The van der Waals surface area contributed by atoms with Crippen molar-refractivity contribution in [1.82, 2.24) is 20.3 Å². The van der Waals surface area contributed by atoms with Gasteiger partial charge in [-0.05, 0) is 25.1 Å². The van der Waals surface area contributed by atoms with Crippen molar-refractivity contribution in [1.29, 1.82) is 0 Å². The Morgan fingerprint density at radius 2 is 1.94 bits per heavy atom. The second-order valence-electron chi connectivity index (χ2n) is 2.87. The molecule has 1 aliphatic heterocycles. The summed E-state index contributed by atoms with van der Waals surface area (Å²) >= 11 is 3.85. The highest BCUT2D eigenvalue weighted by Gasteiger charge is 2.10. The van der Waals surface area contributed by atoms with E-state index in [2.05, 4.69) is 39.6 Å². The third-order valence-electron chi connectivity index (χ3n) is 1.94. The zero-order valence-electron chi connectivity index (χ0n) is 9.54. The lowest BCUT2D eigenvalue weighted by Gasteiger charge is -2.20. The van der Waals surface area contributed by atoms with Crippen molar-refractivity contribution in [3.8, 4) is 0 Å². The average molecular weight is 256 g/mol. The maximum atomic E-state index is 3.42. The summed E-state index contributed by atoms with van der Waals surface area (Å²) in [6.45, 7) is 6.67. The van der Waals surface area contributed by atoms with E-state index in [4.69, 9.17) is 0 Å². The van der Waals surface area contributed by atoms with Crippen molar-refractivity contribution >= 4 is 23.5 Å². The van der Waals surface area contributed by atoms with Crippen LogP contribution in [0, 0.1) is 0 Å². The molecule has 0 atom stereocenters. The summed E-state index contributed by atoms with van der Waals surface area (Å²) in [4.78, 5) is 2.39. The van der Waals surface area contributed by atoms with Crippen LogP contribution in [-0.2, 0) is 0 Å². The first-order chi connectivity index (χ1) is 7.88. The Labute approximate surface area is 105 Å². The minimum atomic E-state index is 1.13. The Kier molecular flexibility index (Phi) is 7.00. The molecule has 0 amide bonds. The Morgan fingerprint density at radius 1 is 1.25 bits per heavy atom. The maximum Gasteiger partial charge on any atom is 0.0779 e. The van der Waals surface area contributed by atoms with Gasteiger partial charge in [-0.3, -0.25) is 0 Å². The van der Waals surface area contributed by atoms with Crippen molar-refractivity contribution in [2.24, 2.45) is 0 Å². The minimum absolute atomic E-state index is 1.13. The van der Waals surface area contributed by atoms with Crippen LogP contribution in [-0.4, -0.2) is 38.5 Å². The summed E-state index contributed by atoms with van der Waals surface area (Å²) in [7, 11) is 0. The van der Waals surface area contributed by atoms with Crippen LogP contribution in [0.4, 0.5) is 0 Å². The first-order valence-corrected chi connectivity index (χ1v) is 7.19. The van der Waals surface area contributed by atoms with Gasteiger partial charge >= 0.3 is 0 Å². The van der Waals surface area contributed by atoms with E-state index in [9.17, 15) is 0 Å². The molecule has 6 heteroatoms. The highest BCUT2D eigenvalue weighted by atomic mass is 32.2. The Hall–Kier alpha value is -0.750. The lowest BCUT2D eigenvalue weighted by atomic mass is 10.5. The molecule has 1 aromatic rings. The van der Waals surface area contributed by atoms with Crippen molar-refractivity contribution in [3.05, 3.63) is 28.9 Å². The highest BCUT2D eigenvalue weighted by Crippen LogP contribution is 2.33. The molecule has 16 heavy (non-hydrogen) atoms. The third-order valence-corrected chi connectivity index (χ3v) is 4.17. The normalized spacial score (nSPS) is 13.8. The lowest BCUT2D eigenvalue weighted by molar-refractivity contribution is 0.410. The Morgan fingerprint density at radius 3 is 2.25 bits per heavy atom. The summed E-state index contributed by atoms with van der Waals surface area (Å²) in [6, 6.07) is 1.72. The van der Waals surface area contributed by atoms with E-state index in [1.807, 2.05) is 23.5 Å². The van der Waals surface area contributed by atoms with Gasteiger partial charge in [0.1, 0.15) is 0 Å². The summed E-state index contributed by atoms with van der Waals surface area (Å²) in [6.07, 6.45) is 3.15. The van der Waals surface area contributed by atoms with Gasteiger partial charge in [0.05, 0.1) is 17.4 Å². The first kappa shape index (κ1) is 13.3. The molecule has 88 valence electrons. The van der Waals surface area contributed by atoms with E-state index in [0.717, 1.165) is 13.1 Å². The van der Waals surface area contributed by atoms with Crippen molar-refractivity contribution in [2.45, 2.75) is 13.8 Å². The second-order valence-corrected chi connectivity index (χ2v) is 5.09. The van der Waals surface area contributed by atoms with Crippen LogP contribution in [0.3, 0.4) is 0 Å². The van der Waals surface area contributed by atoms with E-state index in [-0.39, 0.29) is 0 Å². The minimum Gasteiger partial charge on any atom is -0.366 e. The molecule has 0 radical (unpaired) electrons. The number of aromatic nitrogens is 3. The standard InChI is InChI=1S/C7H13NS2.C3H3N3/c1-3-8(4-2)7-5-9-6-10-7;1-2-4-6-5-3-1/h5H,3-4,6H2,1-2H3;1-3H. The van der Waals surface area contributed by atoms with E-state index in [1.165, 1.54) is 10.1 Å². The zero-order chi connectivity index (χ0) is 11.6. The molecule has 0 saturated heterocycles. The Bertz CT molecular complexity index is 274. The fourth-order valence-corrected chi connectivity index (χ4v) is 3.38. The molecule has 0 bridgehead atoms. The summed E-state index contributed by atoms with van der Waals surface area (Å²) < 4.78 is 0. The number of rotatable bonds is 3. The quantitative estimate of drug-likeness (QED) is 0.827. The number of nitrogens with zero attached hydrogens (tertiary/aromatic N) is 4. The first-order valence-electron chi connectivity index (χ1n) is 5.16. The van der Waals surface area contributed by atoms with Gasteiger partial charge in [0.2, 0.25) is 0 Å². The van der Waals surface area contributed by atoms with Crippen LogP contribution >= 0.6 is 23.5 Å². The van der Waals surface area contributed by atoms with Gasteiger partial charge in [-0.2, -0.15) is 0 Å². The predicted molar refractivity (Wildman–Crippen MR) is 70.9 cm³/mol. The number of hydrogen-bond acceptors (Lipinski definition) is 6. The van der Waals surface area contributed by atoms with E-state index < -0.39 is 0 Å². The van der Waals surface area contributed by atoms with Crippen molar-refractivity contribution in [3.63, 3.8) is 0 Å². The van der Waals surface area contributed by atoms with Crippen LogP contribution in [0.15, 0.2) is 28.9 Å². The molecular formula is C10H16N4S2. The largest absolute Gasteiger partial charge is 0.366 e. The molecule has 2 rings (SSSR count). The molecule has 0 saturated carbocycles. The molecule has 4 nitrogen and oxygen atoms in total. The zero-order valence-corrected chi connectivity index (χ0v) is 11.2. The van der Waals surface area contributed by atoms with Crippen LogP contribution in [0.1, 0.15) is 13.8 Å². The van der Waals surface area contributed by atoms with Crippen molar-refractivity contribution in [2.75, 3.05) is 18.2 Å². The molecule has 0 fully saturated rings. The van der Waals surface area contributed by atoms with Crippen LogP contribution in [0.25, 0.3) is 0 Å². The monoisotopic (exact) mass is 256 g/mol. The fourth-order valence-electron chi connectivity index (χ4n) is 1.14. The summed E-state index contributed by atoms with van der Waals surface area (Å²) in [5.74, 6) is 0. The van der Waals surface area contributed by atoms with Gasteiger partial charge in [0.25, 0.3) is 0 Å². The fraction of sp³-hybridized carbons (Fsp3) is 0.500. The predicted octanol–water partition coefficient (Wildman–Crippen LogP) is 2.44. The van der Waals surface area contributed by atoms with Gasteiger partial charge in [-0.25, -0.2) is 0 Å². The molecule has 2 heterocycles. The Balaban J connectivity index is 0.000000181. The summed E-state index contributed by atoms with van der Waals surface area (Å²) in [5.41, 5.74) is 0. The van der Waals surface area contributed by atoms with E-state index in [0.29, 0.717) is 0 Å². The van der Waals surface area contributed by atoms with Gasteiger partial charge in [0, 0.05) is 23.6 Å². The second kappa shape index (κ2) is 8.41. The molecule has 0 spiro atoms. The van der Waals surface area contributed by atoms with Crippen LogP contribution in [0.2, 0.25) is 0 Å². The SMILES string of the molecule is CCN(CC)C1=CSCS1.c1cnnnc1. The molecule has 1 aliphatic rings. The average Bonchev–Trinajstić information content (AvgIpc) is 2.88. The topological polar surface area (TPSA) is 41.9 Å². The maximum absolute atomic E-state index is 3.42. The summed E-state index contributed by atoms with van der Waals surface area (Å²) in [5, 5.41) is 15.0. The highest BCUT2D eigenvalue weighted by molar-refractivity contribution is 8.21. The molecular weight excluding hydrogens is 240 g/mol. The van der Waals surface area contributed by atoms with Crippen molar-refractivity contribution < 1.29 is 0 Å². The van der Waals surface area contributed by atoms with Gasteiger partial charge < -0.3 is 4.90 Å². The molecule has 1 aromatic heterocycles. The van der Waals surface area contributed by atoms with E-state index >= 15 is 0 Å². The smallest absolute Gasteiger partial charge is 0.0779 e. The number of hydrogen-bond donors (Lipinski definition) is 0. The molecule has 0 N–H and O–H groups in total. The number of thioether (sulfide) groups is 2. The molecule has 0 unspecified atom stereocenters. The molecule has 0 aromatic carbocycles. The van der Waals surface area contributed by atoms with Crippen LogP contribution < -0.4 is 0 Å². The third kappa shape index (κ3) is 4.85. The molecule has 0 aliphatic carbocycles. The lowest BCUT2D eigenvalue weighted by Crippen LogP contribution is -2.19. The van der Waals surface area contributed by atoms with Crippen LogP contribution in [0.5, 0.6) is 0 Å². The van der Waals surface area contributed by atoms with Gasteiger partial charge in [-0.15, -0.1) is 22.0 Å².